The predicted molar refractivity (Wildman–Crippen MR) is 231 cm³/mol. The summed E-state index contributed by atoms with van der Waals surface area (Å²) in [4.78, 5) is 0. The quantitative estimate of drug-likeness (QED) is 0.155. The lowest BCUT2D eigenvalue weighted by Crippen LogP contribution is -2.28. The number of hydrogen-bond acceptors (Lipinski definition) is 0. The van der Waals surface area contributed by atoms with E-state index in [1.165, 1.54) is 89.0 Å². The normalized spacial score (nSPS) is 12.5. The Bertz CT molecular complexity index is 2740. The molecule has 0 spiro atoms. The fourth-order valence-corrected chi connectivity index (χ4v) is 8.74. The van der Waals surface area contributed by atoms with Gasteiger partial charge in [0, 0.05) is 0 Å². The van der Waals surface area contributed by atoms with E-state index in [0.29, 0.717) is 0 Å². The lowest BCUT2D eigenvalue weighted by molar-refractivity contribution is 0.769. The molecule has 0 radical (unpaired) electrons. The van der Waals surface area contributed by atoms with E-state index < -0.39 is 5.41 Å². The summed E-state index contributed by atoms with van der Waals surface area (Å²) in [6, 6.07) is 84.4. The number of benzene rings is 9. The minimum Gasteiger partial charge on any atom is -0.0622 e. The van der Waals surface area contributed by atoms with E-state index in [9.17, 15) is 0 Å². The van der Waals surface area contributed by atoms with Gasteiger partial charge in [0.2, 0.25) is 0 Å². The second-order valence-electron chi connectivity index (χ2n) is 14.5. The molecule has 0 unspecified atom stereocenters. The van der Waals surface area contributed by atoms with Gasteiger partial charge in [0.25, 0.3) is 0 Å². The molecule has 0 atom stereocenters. The largest absolute Gasteiger partial charge is 0.0713 e. The maximum atomic E-state index is 2.45. The van der Waals surface area contributed by atoms with Crippen LogP contribution in [0.3, 0.4) is 0 Å². The Morgan fingerprint density at radius 3 is 1.02 bits per heavy atom. The first-order chi connectivity index (χ1) is 27.3. The predicted octanol–water partition coefficient (Wildman–Crippen LogP) is 14.4. The SMILES string of the molecule is c1ccc(-c2cccc(-c3ccc(-c4cccc(-c5cccc(-c6ccc7c(c6)C(c6ccccc6)(c6ccccc6)c6ccccc6-7)c5)c4)cc3)c2)cc1. The van der Waals surface area contributed by atoms with Crippen LogP contribution in [0.15, 0.2) is 231 Å². The summed E-state index contributed by atoms with van der Waals surface area (Å²) in [6.45, 7) is 0. The van der Waals surface area contributed by atoms with Gasteiger partial charge in [-0.1, -0.05) is 206 Å². The molecule has 0 N–H and O–H groups in total. The van der Waals surface area contributed by atoms with Crippen LogP contribution >= 0.6 is 0 Å². The van der Waals surface area contributed by atoms with Crippen LogP contribution in [0.25, 0.3) is 66.8 Å². The van der Waals surface area contributed by atoms with Crippen LogP contribution in [0.4, 0.5) is 0 Å². The van der Waals surface area contributed by atoms with E-state index >= 15 is 0 Å². The van der Waals surface area contributed by atoms with Gasteiger partial charge < -0.3 is 0 Å². The van der Waals surface area contributed by atoms with Crippen molar-refractivity contribution in [1.29, 1.82) is 0 Å². The van der Waals surface area contributed by atoms with Crippen LogP contribution in [0.2, 0.25) is 0 Å². The first-order valence-electron chi connectivity index (χ1n) is 19.1. The molecule has 0 heteroatoms. The number of fused-ring (bicyclic) bond motifs is 3. The molecule has 258 valence electrons. The summed E-state index contributed by atoms with van der Waals surface area (Å²) in [5.74, 6) is 0. The molecule has 0 saturated heterocycles. The van der Waals surface area contributed by atoms with Crippen LogP contribution < -0.4 is 0 Å². The zero-order valence-electron chi connectivity index (χ0n) is 30.4. The Balaban J connectivity index is 1.00. The van der Waals surface area contributed by atoms with E-state index in [4.69, 9.17) is 0 Å². The van der Waals surface area contributed by atoms with Crippen molar-refractivity contribution in [3.05, 3.63) is 253 Å². The smallest absolute Gasteiger partial charge is 0.0622 e. The molecule has 55 heavy (non-hydrogen) atoms. The van der Waals surface area contributed by atoms with Gasteiger partial charge in [-0.25, -0.2) is 0 Å². The van der Waals surface area contributed by atoms with E-state index in [1.54, 1.807) is 0 Å². The van der Waals surface area contributed by atoms with Gasteiger partial charge in [-0.05, 0) is 113 Å². The molecule has 0 saturated carbocycles. The molecule has 0 bridgehead atoms. The van der Waals surface area contributed by atoms with Crippen molar-refractivity contribution in [2.45, 2.75) is 5.41 Å². The van der Waals surface area contributed by atoms with Crippen molar-refractivity contribution in [2.24, 2.45) is 0 Å². The first kappa shape index (κ1) is 32.6. The Morgan fingerprint density at radius 1 is 0.200 bits per heavy atom. The third-order valence-electron chi connectivity index (χ3n) is 11.4. The van der Waals surface area contributed by atoms with Crippen molar-refractivity contribution in [1.82, 2.24) is 0 Å². The highest BCUT2D eigenvalue weighted by Gasteiger charge is 2.46. The third kappa shape index (κ3) is 5.71. The van der Waals surface area contributed by atoms with Crippen molar-refractivity contribution < 1.29 is 0 Å². The fraction of sp³-hybridized carbons (Fsp3) is 0.0182. The average molecular weight is 699 g/mol. The molecule has 9 aromatic rings. The van der Waals surface area contributed by atoms with E-state index in [2.05, 4.69) is 231 Å². The summed E-state index contributed by atoms with van der Waals surface area (Å²) < 4.78 is 0. The Hall–Kier alpha value is -7.02. The van der Waals surface area contributed by atoms with Gasteiger partial charge in [-0.3, -0.25) is 0 Å². The van der Waals surface area contributed by atoms with Crippen LogP contribution in [0, 0.1) is 0 Å². The summed E-state index contributed by atoms with van der Waals surface area (Å²) >= 11 is 0. The highest BCUT2D eigenvalue weighted by Crippen LogP contribution is 2.56. The van der Waals surface area contributed by atoms with Crippen molar-refractivity contribution in [3.63, 3.8) is 0 Å². The lowest BCUT2D eigenvalue weighted by atomic mass is 9.67. The number of rotatable bonds is 7. The van der Waals surface area contributed by atoms with Crippen molar-refractivity contribution >= 4 is 0 Å². The van der Waals surface area contributed by atoms with Crippen LogP contribution in [0.5, 0.6) is 0 Å². The third-order valence-corrected chi connectivity index (χ3v) is 11.4. The monoisotopic (exact) mass is 698 g/mol. The highest BCUT2D eigenvalue weighted by atomic mass is 14.5. The molecule has 0 heterocycles. The molecule has 0 fully saturated rings. The van der Waals surface area contributed by atoms with E-state index in [0.717, 1.165) is 0 Å². The Morgan fingerprint density at radius 2 is 0.527 bits per heavy atom. The van der Waals surface area contributed by atoms with Gasteiger partial charge in [0.15, 0.2) is 0 Å². The van der Waals surface area contributed by atoms with Crippen molar-refractivity contribution in [3.8, 4) is 66.8 Å². The number of hydrogen-bond donors (Lipinski definition) is 0. The summed E-state index contributed by atoms with van der Waals surface area (Å²) in [5, 5.41) is 0. The minimum atomic E-state index is -0.420. The van der Waals surface area contributed by atoms with Crippen molar-refractivity contribution in [2.75, 3.05) is 0 Å². The molecule has 0 aliphatic heterocycles. The van der Waals surface area contributed by atoms with Gasteiger partial charge in [-0.15, -0.1) is 0 Å². The van der Waals surface area contributed by atoms with Gasteiger partial charge in [-0.2, -0.15) is 0 Å². The molecule has 10 rings (SSSR count). The standard InChI is InChI=1S/C55H38/c1-4-15-39(16-5-1)42-17-12-18-43(35-42)40-29-31-41(32-30-40)44-19-13-20-45(36-44)46-21-14-22-47(37-46)48-33-34-52-51-27-10-11-28-53(51)55(54(52)38-48,49-23-6-2-7-24-49)50-25-8-3-9-26-50/h1-38H. The summed E-state index contributed by atoms with van der Waals surface area (Å²) in [7, 11) is 0. The highest BCUT2D eigenvalue weighted by molar-refractivity contribution is 5.89. The maximum Gasteiger partial charge on any atom is 0.0713 e. The zero-order valence-corrected chi connectivity index (χ0v) is 30.4. The molecule has 1 aliphatic rings. The molecule has 0 aromatic heterocycles. The van der Waals surface area contributed by atoms with Crippen LogP contribution in [-0.4, -0.2) is 0 Å². The second kappa shape index (κ2) is 13.8. The topological polar surface area (TPSA) is 0 Å². The van der Waals surface area contributed by atoms with Crippen LogP contribution in [-0.2, 0) is 5.41 Å². The van der Waals surface area contributed by atoms with Crippen LogP contribution in [0.1, 0.15) is 22.3 Å². The zero-order chi connectivity index (χ0) is 36.6. The molecule has 0 amide bonds. The first-order valence-corrected chi connectivity index (χ1v) is 19.1. The molecular formula is C55H38. The fourth-order valence-electron chi connectivity index (χ4n) is 8.74. The molecule has 1 aliphatic carbocycles. The Kier molecular flexibility index (Phi) is 8.16. The second-order valence-corrected chi connectivity index (χ2v) is 14.5. The average Bonchev–Trinajstić information content (AvgIpc) is 3.58. The van der Waals surface area contributed by atoms with Gasteiger partial charge in [0.1, 0.15) is 0 Å². The van der Waals surface area contributed by atoms with Gasteiger partial charge in [0.05, 0.1) is 5.41 Å². The lowest BCUT2D eigenvalue weighted by Gasteiger charge is -2.34. The molecule has 0 nitrogen and oxygen atoms in total. The molecule has 9 aromatic carbocycles. The van der Waals surface area contributed by atoms with E-state index in [1.807, 2.05) is 0 Å². The minimum absolute atomic E-state index is 0.420. The van der Waals surface area contributed by atoms with Gasteiger partial charge >= 0.3 is 0 Å². The van der Waals surface area contributed by atoms with E-state index in [-0.39, 0.29) is 0 Å². The summed E-state index contributed by atoms with van der Waals surface area (Å²) in [5.41, 5.74) is 19.5. The molecular weight excluding hydrogens is 661 g/mol. The maximum absolute atomic E-state index is 2.45. The Labute approximate surface area is 323 Å². The summed E-state index contributed by atoms with van der Waals surface area (Å²) in [6.07, 6.45) is 0.